The van der Waals surface area contributed by atoms with Gasteiger partial charge < -0.3 is 14.9 Å². The fraction of sp³-hybridized carbons (Fsp3) is 0.348. The summed E-state index contributed by atoms with van der Waals surface area (Å²) in [4.78, 5) is 22.2. The maximum atomic E-state index is 15.0. The van der Waals surface area contributed by atoms with Crippen LogP contribution in [0.15, 0.2) is 48.9 Å². The normalized spacial score (nSPS) is 27.0. The molecule has 1 N–H and O–H groups in total. The van der Waals surface area contributed by atoms with Gasteiger partial charge in [-0.1, -0.05) is 11.3 Å². The number of carbonyl (C=O) groups excluding carboxylic acids is 1. The van der Waals surface area contributed by atoms with Crippen LogP contribution in [-0.4, -0.2) is 51.8 Å². The Bertz CT molecular complexity index is 1250. The highest BCUT2D eigenvalue weighted by Crippen LogP contribution is 2.62. The fourth-order valence-corrected chi connectivity index (χ4v) is 5.18. The summed E-state index contributed by atoms with van der Waals surface area (Å²) in [5, 5.41) is 10.9. The van der Waals surface area contributed by atoms with Gasteiger partial charge in [0.05, 0.1) is 36.8 Å². The Labute approximate surface area is 201 Å². The lowest BCUT2D eigenvalue weighted by atomic mass is 10.0. The summed E-state index contributed by atoms with van der Waals surface area (Å²) in [6.45, 7) is 10.0. The van der Waals surface area contributed by atoms with Crippen molar-refractivity contribution in [3.05, 3.63) is 71.9 Å². The van der Waals surface area contributed by atoms with E-state index in [0.29, 0.717) is 41.7 Å². The average molecular weight is 482 g/mol. The number of ether oxygens (including phenoxy) is 1. The van der Waals surface area contributed by atoms with E-state index in [9.17, 15) is 4.79 Å². The standard InChI is InChI=1S/C23H20FN7O2.ClH/c1-25-23(18-10-26-11-19(18)23)21-5-2-14(9-27-21)17-4-3-15(8-20(17)24)31-13-16(33-22(31)32)12-30-7-6-28-29-30;/h2-9,16,18-19,26H,10-13H2;1H/t16-,18-,19+,23?;/m0./s1. The lowest BCUT2D eigenvalue weighted by Gasteiger charge is -2.15. The number of fused-ring (bicyclic) bond motifs is 1. The largest absolute Gasteiger partial charge is 0.442 e. The quantitative estimate of drug-likeness (QED) is 0.564. The fourth-order valence-electron chi connectivity index (χ4n) is 5.18. The van der Waals surface area contributed by atoms with Crippen molar-refractivity contribution in [2.45, 2.75) is 18.2 Å². The number of hydrogen-bond acceptors (Lipinski definition) is 6. The monoisotopic (exact) mass is 481 g/mol. The van der Waals surface area contributed by atoms with E-state index in [-0.39, 0.29) is 12.4 Å². The number of piperidine rings is 1. The molecule has 6 rings (SSSR count). The van der Waals surface area contributed by atoms with E-state index < -0.39 is 23.6 Å². The number of rotatable bonds is 5. The molecule has 34 heavy (non-hydrogen) atoms. The van der Waals surface area contributed by atoms with Crippen LogP contribution in [0, 0.1) is 24.2 Å². The summed E-state index contributed by atoms with van der Waals surface area (Å²) < 4.78 is 22.0. The van der Waals surface area contributed by atoms with Gasteiger partial charge in [-0.05, 0) is 24.3 Å². The van der Waals surface area contributed by atoms with Gasteiger partial charge in [0.25, 0.3) is 5.54 Å². The smallest absolute Gasteiger partial charge is 0.414 e. The number of aromatic nitrogens is 4. The van der Waals surface area contributed by atoms with E-state index in [2.05, 4.69) is 25.5 Å². The van der Waals surface area contributed by atoms with Crippen molar-refractivity contribution in [2.24, 2.45) is 11.8 Å². The molecule has 2 saturated heterocycles. The second-order valence-electron chi connectivity index (χ2n) is 8.65. The first-order chi connectivity index (χ1) is 16.1. The summed E-state index contributed by atoms with van der Waals surface area (Å²) in [6, 6.07) is 8.32. The molecule has 3 fully saturated rings. The zero-order chi connectivity index (χ0) is 22.6. The predicted octanol–water partition coefficient (Wildman–Crippen LogP) is 2.89. The zero-order valence-electron chi connectivity index (χ0n) is 18.0. The lowest BCUT2D eigenvalue weighted by molar-refractivity contribution is 0.129. The minimum atomic E-state index is -0.537. The molecule has 0 bridgehead atoms. The molecule has 4 heterocycles. The molecule has 1 unspecified atom stereocenters. The van der Waals surface area contributed by atoms with Crippen LogP contribution < -0.4 is 10.2 Å². The maximum absolute atomic E-state index is 15.0. The first-order valence-corrected chi connectivity index (χ1v) is 10.8. The van der Waals surface area contributed by atoms with Gasteiger partial charge in [0, 0.05) is 36.6 Å². The number of nitrogens with one attached hydrogen (secondary N) is 1. The van der Waals surface area contributed by atoms with Crippen molar-refractivity contribution in [1.82, 2.24) is 25.3 Å². The Hall–Kier alpha value is -3.55. The van der Waals surface area contributed by atoms with E-state index in [0.717, 1.165) is 18.8 Å². The van der Waals surface area contributed by atoms with Crippen LogP contribution in [0.5, 0.6) is 0 Å². The molecule has 174 valence electrons. The Morgan fingerprint density at radius 3 is 2.74 bits per heavy atom. The number of halogens is 2. The maximum Gasteiger partial charge on any atom is 0.414 e. The van der Waals surface area contributed by atoms with Crippen molar-refractivity contribution in [3.8, 4) is 11.1 Å². The third kappa shape index (κ3) is 3.40. The highest BCUT2D eigenvalue weighted by atomic mass is 35.5. The molecule has 3 aromatic rings. The van der Waals surface area contributed by atoms with Gasteiger partial charge in [-0.2, -0.15) is 0 Å². The summed E-state index contributed by atoms with van der Waals surface area (Å²) in [6.07, 6.45) is 3.95. The summed E-state index contributed by atoms with van der Waals surface area (Å²) in [7, 11) is 0. The Kier molecular flexibility index (Phi) is 5.46. The number of pyridine rings is 1. The van der Waals surface area contributed by atoms with E-state index in [4.69, 9.17) is 11.3 Å². The molecule has 3 aliphatic rings. The third-order valence-electron chi connectivity index (χ3n) is 6.91. The van der Waals surface area contributed by atoms with Crippen molar-refractivity contribution >= 4 is 24.2 Å². The number of amides is 1. The first kappa shape index (κ1) is 22.3. The average Bonchev–Trinajstić information content (AvgIpc) is 3.35. The minimum Gasteiger partial charge on any atom is -0.442 e. The number of cyclic esters (lactones) is 1. The molecule has 0 radical (unpaired) electrons. The molecule has 1 aromatic carbocycles. The molecule has 4 atom stereocenters. The van der Waals surface area contributed by atoms with E-state index in [1.54, 1.807) is 35.4 Å². The molecule has 11 heteroatoms. The Balaban J connectivity index is 0.00000241. The topological polar surface area (TPSA) is 89.5 Å². The summed E-state index contributed by atoms with van der Waals surface area (Å²) in [5.41, 5.74) is 1.66. The van der Waals surface area contributed by atoms with Gasteiger partial charge in [-0.25, -0.2) is 20.4 Å². The van der Waals surface area contributed by atoms with Gasteiger partial charge in [0.2, 0.25) is 0 Å². The Morgan fingerprint density at radius 1 is 1.26 bits per heavy atom. The second-order valence-corrected chi connectivity index (χ2v) is 8.65. The number of hydrogen-bond donors (Lipinski definition) is 1. The summed E-state index contributed by atoms with van der Waals surface area (Å²) in [5.74, 6) is 0.151. The van der Waals surface area contributed by atoms with Crippen molar-refractivity contribution in [3.63, 3.8) is 0 Å². The van der Waals surface area contributed by atoms with Gasteiger partial charge in [0.15, 0.2) is 0 Å². The predicted molar refractivity (Wildman–Crippen MR) is 123 cm³/mol. The summed E-state index contributed by atoms with van der Waals surface area (Å²) >= 11 is 0. The molecular formula is C23H21ClFN7O2. The SMILES string of the molecule is Cl.[C-]#[N+]C1(c2ccc(-c3ccc(N4C[C@H](Cn5ccnn5)OC4=O)cc3F)cn2)[C@@H]2CNC[C@@H]21. The third-order valence-corrected chi connectivity index (χ3v) is 6.91. The van der Waals surface area contributed by atoms with Gasteiger partial charge >= 0.3 is 6.09 Å². The molecule has 1 aliphatic carbocycles. The van der Waals surface area contributed by atoms with Crippen LogP contribution >= 0.6 is 12.4 Å². The van der Waals surface area contributed by atoms with Crippen LogP contribution in [0.25, 0.3) is 16.0 Å². The van der Waals surface area contributed by atoms with Gasteiger partial charge in [-0.15, -0.1) is 17.5 Å². The Morgan fingerprint density at radius 2 is 2.09 bits per heavy atom. The van der Waals surface area contributed by atoms with Crippen LogP contribution in [-0.2, 0) is 16.8 Å². The van der Waals surface area contributed by atoms with E-state index >= 15 is 4.39 Å². The van der Waals surface area contributed by atoms with Crippen molar-refractivity contribution in [1.29, 1.82) is 0 Å². The molecule has 2 aliphatic heterocycles. The molecule has 1 saturated carbocycles. The van der Waals surface area contributed by atoms with Crippen molar-refractivity contribution in [2.75, 3.05) is 24.5 Å². The van der Waals surface area contributed by atoms with Crippen LogP contribution in [0.4, 0.5) is 14.9 Å². The zero-order valence-corrected chi connectivity index (χ0v) is 18.8. The van der Waals surface area contributed by atoms with Gasteiger partial charge in [-0.3, -0.25) is 9.88 Å². The number of nitrogens with zero attached hydrogens (tertiary/aromatic N) is 6. The number of anilines is 1. The molecule has 2 aromatic heterocycles. The number of carbonyl (C=O) groups is 1. The van der Waals surface area contributed by atoms with Gasteiger partial charge in [0.1, 0.15) is 17.6 Å². The van der Waals surface area contributed by atoms with E-state index in [1.165, 1.54) is 11.0 Å². The first-order valence-electron chi connectivity index (χ1n) is 10.8. The number of benzene rings is 1. The molecule has 9 nitrogen and oxygen atoms in total. The van der Waals surface area contributed by atoms with Crippen molar-refractivity contribution < 1.29 is 13.9 Å². The minimum absolute atomic E-state index is 0. The highest BCUT2D eigenvalue weighted by molar-refractivity contribution is 5.90. The molecule has 1 amide bonds. The van der Waals surface area contributed by atoms with Crippen LogP contribution in [0.2, 0.25) is 0 Å². The second kappa shape index (κ2) is 8.34. The van der Waals surface area contributed by atoms with Crippen LogP contribution in [0.1, 0.15) is 5.69 Å². The molecule has 0 spiro atoms. The highest BCUT2D eigenvalue weighted by Gasteiger charge is 2.76. The van der Waals surface area contributed by atoms with Crippen LogP contribution in [0.3, 0.4) is 0 Å². The molecular weight excluding hydrogens is 461 g/mol. The lowest BCUT2D eigenvalue weighted by Crippen LogP contribution is -2.26. The van der Waals surface area contributed by atoms with E-state index in [1.807, 2.05) is 12.1 Å².